The third kappa shape index (κ3) is 3.35. The molecule has 15 heavy (non-hydrogen) atoms. The lowest BCUT2D eigenvalue weighted by Gasteiger charge is -2.12. The van der Waals surface area contributed by atoms with Crippen LogP contribution in [0.1, 0.15) is 43.9 Å². The summed E-state index contributed by atoms with van der Waals surface area (Å²) in [7, 11) is 0. The molecular weight excluding hydrogens is 184 g/mol. The first-order valence-electron chi connectivity index (χ1n) is 5.77. The quantitative estimate of drug-likeness (QED) is 0.783. The molecule has 1 N–H and O–H groups in total. The van der Waals surface area contributed by atoms with Gasteiger partial charge in [0.15, 0.2) is 0 Å². The predicted octanol–water partition coefficient (Wildman–Crippen LogP) is 3.14. The lowest BCUT2D eigenvalue weighted by Crippen LogP contribution is -2.02. The molecule has 0 atom stereocenters. The van der Waals surface area contributed by atoms with E-state index >= 15 is 0 Å². The first kappa shape index (κ1) is 12.3. The first-order chi connectivity index (χ1) is 7.21. The molecule has 1 nitrogen and oxygen atoms in total. The van der Waals surface area contributed by atoms with E-state index in [0.717, 1.165) is 18.8 Å². The van der Waals surface area contributed by atoms with E-state index in [1.165, 1.54) is 23.1 Å². The third-order valence-electron chi connectivity index (χ3n) is 2.73. The topological polar surface area (TPSA) is 20.2 Å². The Morgan fingerprint density at radius 3 is 2.33 bits per heavy atom. The molecule has 0 aliphatic heterocycles. The molecule has 0 aliphatic rings. The second-order valence-corrected chi connectivity index (χ2v) is 4.08. The summed E-state index contributed by atoms with van der Waals surface area (Å²) in [5, 5.41) is 9.14. The number of aryl methyl sites for hydroxylation is 2. The summed E-state index contributed by atoms with van der Waals surface area (Å²) in [5.41, 5.74) is 3.95. The van der Waals surface area contributed by atoms with Gasteiger partial charge in [0.2, 0.25) is 0 Å². The van der Waals surface area contributed by atoms with Crippen LogP contribution in [0, 0.1) is 5.92 Å². The average Bonchev–Trinajstić information content (AvgIpc) is 2.28. The van der Waals surface area contributed by atoms with Gasteiger partial charge < -0.3 is 5.11 Å². The fourth-order valence-corrected chi connectivity index (χ4v) is 1.74. The van der Waals surface area contributed by atoms with Gasteiger partial charge in [0.05, 0.1) is 6.61 Å². The molecule has 1 aromatic carbocycles. The van der Waals surface area contributed by atoms with E-state index in [9.17, 15) is 0 Å². The van der Waals surface area contributed by atoms with Gasteiger partial charge in [0, 0.05) is 5.92 Å². The van der Waals surface area contributed by atoms with Crippen LogP contribution in [-0.4, -0.2) is 11.7 Å². The number of benzene rings is 1. The highest BCUT2D eigenvalue weighted by molar-refractivity contribution is 5.38. The molecule has 83 valence electrons. The minimum Gasteiger partial charge on any atom is -0.395 e. The van der Waals surface area contributed by atoms with Crippen LogP contribution in [0.25, 0.3) is 0 Å². The molecule has 0 amide bonds. The molecule has 1 heteroatoms. The van der Waals surface area contributed by atoms with Gasteiger partial charge >= 0.3 is 0 Å². The van der Waals surface area contributed by atoms with Crippen LogP contribution < -0.4 is 0 Å². The molecule has 0 heterocycles. The Morgan fingerprint density at radius 2 is 1.80 bits per heavy atom. The van der Waals surface area contributed by atoms with Crippen molar-refractivity contribution in [2.24, 2.45) is 0 Å². The van der Waals surface area contributed by atoms with Crippen molar-refractivity contribution >= 4 is 0 Å². The SMILES string of the molecule is CCCc1cc(CC)cc([C](C)CO)c1. The minimum absolute atomic E-state index is 0.152. The van der Waals surface area contributed by atoms with E-state index in [0.29, 0.717) is 0 Å². The van der Waals surface area contributed by atoms with Crippen LogP contribution in [0.5, 0.6) is 0 Å². The minimum atomic E-state index is 0.152. The average molecular weight is 205 g/mol. The van der Waals surface area contributed by atoms with E-state index in [2.05, 4.69) is 32.0 Å². The van der Waals surface area contributed by atoms with Crippen molar-refractivity contribution in [3.8, 4) is 0 Å². The van der Waals surface area contributed by atoms with Crippen molar-refractivity contribution in [1.29, 1.82) is 0 Å². The van der Waals surface area contributed by atoms with Crippen LogP contribution >= 0.6 is 0 Å². The molecule has 0 unspecified atom stereocenters. The van der Waals surface area contributed by atoms with Crippen LogP contribution in [0.15, 0.2) is 18.2 Å². The zero-order chi connectivity index (χ0) is 11.3. The summed E-state index contributed by atoms with van der Waals surface area (Å²) < 4.78 is 0. The Labute approximate surface area is 93.1 Å². The summed E-state index contributed by atoms with van der Waals surface area (Å²) >= 11 is 0. The van der Waals surface area contributed by atoms with Crippen molar-refractivity contribution in [2.45, 2.75) is 40.0 Å². The summed E-state index contributed by atoms with van der Waals surface area (Å²) in [4.78, 5) is 0. The largest absolute Gasteiger partial charge is 0.395 e. The highest BCUT2D eigenvalue weighted by atomic mass is 16.3. The van der Waals surface area contributed by atoms with E-state index in [4.69, 9.17) is 5.11 Å². The Bertz CT molecular complexity index is 304. The maximum Gasteiger partial charge on any atom is 0.0534 e. The summed E-state index contributed by atoms with van der Waals surface area (Å²) in [6.45, 7) is 6.51. The van der Waals surface area contributed by atoms with Crippen molar-refractivity contribution in [2.75, 3.05) is 6.61 Å². The Hall–Kier alpha value is -0.820. The maximum absolute atomic E-state index is 9.14. The smallest absolute Gasteiger partial charge is 0.0534 e. The van der Waals surface area contributed by atoms with Crippen molar-refractivity contribution in [1.82, 2.24) is 0 Å². The van der Waals surface area contributed by atoms with Gasteiger partial charge in [-0.25, -0.2) is 0 Å². The molecule has 0 fully saturated rings. The number of hydrogen-bond donors (Lipinski definition) is 1. The van der Waals surface area contributed by atoms with Crippen LogP contribution in [0.4, 0.5) is 0 Å². The second-order valence-electron chi connectivity index (χ2n) is 4.08. The highest BCUT2D eigenvalue weighted by Crippen LogP contribution is 2.19. The fourth-order valence-electron chi connectivity index (χ4n) is 1.74. The zero-order valence-electron chi connectivity index (χ0n) is 10.0. The lowest BCUT2D eigenvalue weighted by molar-refractivity contribution is 0.315. The molecule has 0 aliphatic carbocycles. The van der Waals surface area contributed by atoms with Gasteiger partial charge in [-0.2, -0.15) is 0 Å². The van der Waals surface area contributed by atoms with Gasteiger partial charge in [0.25, 0.3) is 0 Å². The molecule has 1 rings (SSSR count). The summed E-state index contributed by atoms with van der Waals surface area (Å²) in [5.74, 6) is 1.06. The molecule has 0 saturated heterocycles. The van der Waals surface area contributed by atoms with Gasteiger partial charge in [-0.3, -0.25) is 0 Å². The van der Waals surface area contributed by atoms with Crippen LogP contribution in [-0.2, 0) is 12.8 Å². The van der Waals surface area contributed by atoms with Crippen molar-refractivity contribution in [3.63, 3.8) is 0 Å². The fraction of sp³-hybridized carbons (Fsp3) is 0.500. The van der Waals surface area contributed by atoms with E-state index in [1.54, 1.807) is 0 Å². The number of rotatable bonds is 5. The Kier molecular flexibility index (Phi) is 4.83. The highest BCUT2D eigenvalue weighted by Gasteiger charge is 2.07. The van der Waals surface area contributed by atoms with Crippen molar-refractivity contribution < 1.29 is 5.11 Å². The van der Waals surface area contributed by atoms with Crippen LogP contribution in [0.3, 0.4) is 0 Å². The predicted molar refractivity (Wildman–Crippen MR) is 64.9 cm³/mol. The number of aliphatic hydroxyl groups excluding tert-OH is 1. The van der Waals surface area contributed by atoms with Gasteiger partial charge in [-0.05, 0) is 29.5 Å². The molecule has 0 bridgehead atoms. The monoisotopic (exact) mass is 205 g/mol. The zero-order valence-corrected chi connectivity index (χ0v) is 10.0. The number of aliphatic hydroxyl groups is 1. The molecular formula is C14H21O. The normalized spacial score (nSPS) is 11.0. The molecule has 0 saturated carbocycles. The summed E-state index contributed by atoms with van der Waals surface area (Å²) in [6, 6.07) is 6.66. The Morgan fingerprint density at radius 1 is 1.13 bits per heavy atom. The molecule has 0 spiro atoms. The molecule has 0 aromatic heterocycles. The van der Waals surface area contributed by atoms with Gasteiger partial charge in [0.1, 0.15) is 0 Å². The molecule has 1 aromatic rings. The number of hydrogen-bond acceptors (Lipinski definition) is 1. The van der Waals surface area contributed by atoms with Gasteiger partial charge in [-0.1, -0.05) is 45.4 Å². The third-order valence-corrected chi connectivity index (χ3v) is 2.73. The lowest BCUT2D eigenvalue weighted by atomic mass is 9.94. The van der Waals surface area contributed by atoms with Crippen LogP contribution in [0.2, 0.25) is 0 Å². The summed E-state index contributed by atoms with van der Waals surface area (Å²) in [6.07, 6.45) is 3.35. The first-order valence-corrected chi connectivity index (χ1v) is 5.77. The maximum atomic E-state index is 9.14. The second kappa shape index (κ2) is 5.92. The van der Waals surface area contributed by atoms with Crippen molar-refractivity contribution in [3.05, 3.63) is 40.8 Å². The van der Waals surface area contributed by atoms with E-state index < -0.39 is 0 Å². The van der Waals surface area contributed by atoms with E-state index in [1.807, 2.05) is 6.92 Å². The standard InChI is InChI=1S/C14H21O/c1-4-6-13-7-12(5-2)8-14(9-13)11(3)10-15/h7-9,15H,4-6,10H2,1-3H3. The molecule has 1 radical (unpaired) electrons. The Balaban J connectivity index is 2.99. The van der Waals surface area contributed by atoms with Gasteiger partial charge in [-0.15, -0.1) is 0 Å². The van der Waals surface area contributed by atoms with E-state index in [-0.39, 0.29) is 6.61 Å².